The molecule has 0 bridgehead atoms. The van der Waals surface area contributed by atoms with Gasteiger partial charge in [0, 0.05) is 11.8 Å². The van der Waals surface area contributed by atoms with E-state index in [4.69, 9.17) is 0 Å². The van der Waals surface area contributed by atoms with Crippen LogP contribution in [0, 0.1) is 12.7 Å². The zero-order valence-corrected chi connectivity index (χ0v) is 11.5. The van der Waals surface area contributed by atoms with Gasteiger partial charge in [0.05, 0.1) is 17.8 Å². The van der Waals surface area contributed by atoms with Crippen LogP contribution in [0.15, 0.2) is 48.8 Å². The summed E-state index contributed by atoms with van der Waals surface area (Å²) in [4.78, 5) is 0. The third-order valence-corrected chi connectivity index (χ3v) is 3.45. The van der Waals surface area contributed by atoms with Crippen molar-refractivity contribution in [2.45, 2.75) is 13.0 Å². The lowest BCUT2D eigenvalue weighted by Crippen LogP contribution is -2.17. The molecule has 2 aromatic heterocycles. The molecule has 1 aromatic carbocycles. The minimum Gasteiger partial charge on any atom is -0.309 e. The molecule has 1 atom stereocenters. The van der Waals surface area contributed by atoms with Crippen LogP contribution in [0.4, 0.5) is 4.39 Å². The lowest BCUT2D eigenvalue weighted by atomic mass is 9.98. The largest absolute Gasteiger partial charge is 0.309 e. The van der Waals surface area contributed by atoms with Crippen LogP contribution in [-0.2, 0) is 0 Å². The Balaban J connectivity index is 2.14. The fourth-order valence-corrected chi connectivity index (χ4v) is 2.61. The number of aryl methyl sites for hydroxylation is 1. The summed E-state index contributed by atoms with van der Waals surface area (Å²) in [5.41, 5.74) is 3.88. The average molecular weight is 269 g/mol. The number of hydrogen-bond acceptors (Lipinski definition) is 2. The van der Waals surface area contributed by atoms with E-state index in [2.05, 4.69) is 10.4 Å². The molecular formula is C16H16FN3. The predicted octanol–water partition coefficient (Wildman–Crippen LogP) is 3.09. The van der Waals surface area contributed by atoms with Crippen LogP contribution in [0.25, 0.3) is 5.52 Å². The number of hydrogen-bond donors (Lipinski definition) is 1. The predicted molar refractivity (Wildman–Crippen MR) is 77.2 cm³/mol. The minimum absolute atomic E-state index is 0.0794. The molecule has 0 fully saturated rings. The molecule has 20 heavy (non-hydrogen) atoms. The molecule has 4 heteroatoms. The Bertz CT molecular complexity index is 728. The Morgan fingerprint density at radius 1 is 1.25 bits per heavy atom. The number of benzene rings is 1. The van der Waals surface area contributed by atoms with Crippen molar-refractivity contribution in [2.24, 2.45) is 0 Å². The molecule has 0 saturated heterocycles. The first-order chi connectivity index (χ1) is 9.69. The van der Waals surface area contributed by atoms with Crippen LogP contribution in [0.1, 0.15) is 22.7 Å². The van der Waals surface area contributed by atoms with Crippen LogP contribution in [-0.4, -0.2) is 16.7 Å². The molecule has 0 spiro atoms. The number of aromatic nitrogens is 2. The van der Waals surface area contributed by atoms with Gasteiger partial charge in [-0.05, 0) is 49.4 Å². The topological polar surface area (TPSA) is 29.3 Å². The monoisotopic (exact) mass is 269 g/mol. The highest BCUT2D eigenvalue weighted by atomic mass is 19.1. The third kappa shape index (κ3) is 2.18. The van der Waals surface area contributed by atoms with Gasteiger partial charge in [-0.3, -0.25) is 0 Å². The summed E-state index contributed by atoms with van der Waals surface area (Å²) in [6.45, 7) is 1.90. The van der Waals surface area contributed by atoms with Gasteiger partial charge < -0.3 is 5.32 Å². The second-order valence-corrected chi connectivity index (χ2v) is 4.91. The summed E-state index contributed by atoms with van der Waals surface area (Å²) < 4.78 is 15.5. The Kier molecular flexibility index (Phi) is 3.24. The zero-order valence-electron chi connectivity index (χ0n) is 11.5. The molecule has 0 saturated carbocycles. The van der Waals surface area contributed by atoms with Crippen LogP contribution in [0.3, 0.4) is 0 Å². The van der Waals surface area contributed by atoms with Crippen molar-refractivity contribution in [2.75, 3.05) is 7.05 Å². The number of fused-ring (bicyclic) bond motifs is 1. The normalized spacial score (nSPS) is 12.8. The van der Waals surface area contributed by atoms with Crippen molar-refractivity contribution in [3.8, 4) is 0 Å². The fraction of sp³-hybridized carbons (Fsp3) is 0.188. The van der Waals surface area contributed by atoms with Crippen molar-refractivity contribution < 1.29 is 4.39 Å². The van der Waals surface area contributed by atoms with Crippen molar-refractivity contribution in [1.82, 2.24) is 14.9 Å². The number of halogens is 1. The van der Waals surface area contributed by atoms with E-state index in [-0.39, 0.29) is 11.9 Å². The molecule has 0 radical (unpaired) electrons. The van der Waals surface area contributed by atoms with Crippen molar-refractivity contribution in [3.05, 3.63) is 71.3 Å². The average Bonchev–Trinajstić information content (AvgIpc) is 2.83. The van der Waals surface area contributed by atoms with Gasteiger partial charge in [0.25, 0.3) is 0 Å². The fourth-order valence-electron chi connectivity index (χ4n) is 2.61. The molecule has 1 N–H and O–H groups in total. The van der Waals surface area contributed by atoms with E-state index in [1.165, 1.54) is 6.07 Å². The lowest BCUT2D eigenvalue weighted by Gasteiger charge is -2.16. The third-order valence-electron chi connectivity index (χ3n) is 3.45. The van der Waals surface area contributed by atoms with E-state index in [1.807, 2.05) is 55.1 Å². The summed E-state index contributed by atoms with van der Waals surface area (Å²) in [6, 6.07) is 10.9. The highest BCUT2D eigenvalue weighted by molar-refractivity contribution is 5.57. The maximum Gasteiger partial charge on any atom is 0.123 e. The highest BCUT2D eigenvalue weighted by Gasteiger charge is 2.17. The van der Waals surface area contributed by atoms with Crippen LogP contribution < -0.4 is 5.32 Å². The van der Waals surface area contributed by atoms with E-state index < -0.39 is 0 Å². The van der Waals surface area contributed by atoms with E-state index in [0.29, 0.717) is 0 Å². The Morgan fingerprint density at radius 3 is 2.85 bits per heavy atom. The van der Waals surface area contributed by atoms with Gasteiger partial charge in [-0.15, -0.1) is 0 Å². The summed E-state index contributed by atoms with van der Waals surface area (Å²) in [6.07, 6.45) is 3.74. The summed E-state index contributed by atoms with van der Waals surface area (Å²) in [5.74, 6) is -0.211. The van der Waals surface area contributed by atoms with E-state index >= 15 is 0 Å². The first-order valence-corrected chi connectivity index (χ1v) is 6.55. The zero-order chi connectivity index (χ0) is 14.1. The molecule has 1 unspecified atom stereocenters. The van der Waals surface area contributed by atoms with E-state index in [0.717, 1.165) is 22.2 Å². The smallest absolute Gasteiger partial charge is 0.123 e. The molecule has 0 aliphatic heterocycles. The molecule has 3 rings (SSSR count). The van der Waals surface area contributed by atoms with Crippen LogP contribution >= 0.6 is 0 Å². The first kappa shape index (κ1) is 12.8. The lowest BCUT2D eigenvalue weighted by molar-refractivity contribution is 0.616. The summed E-state index contributed by atoms with van der Waals surface area (Å²) >= 11 is 0. The van der Waals surface area contributed by atoms with Gasteiger partial charge in [-0.25, -0.2) is 8.91 Å². The first-order valence-electron chi connectivity index (χ1n) is 6.55. The van der Waals surface area contributed by atoms with Crippen LogP contribution in [0.5, 0.6) is 0 Å². The minimum atomic E-state index is -0.211. The van der Waals surface area contributed by atoms with E-state index in [9.17, 15) is 4.39 Å². The van der Waals surface area contributed by atoms with Crippen LogP contribution in [0.2, 0.25) is 0 Å². The highest BCUT2D eigenvalue weighted by Crippen LogP contribution is 2.26. The summed E-state index contributed by atoms with van der Waals surface area (Å²) in [7, 11) is 1.87. The SMILES string of the molecule is CNC(c1cc(C)cc(F)c1)c1cnn2ccccc12. The number of rotatable bonds is 3. The Hall–Kier alpha value is -2.20. The Morgan fingerprint density at radius 2 is 2.10 bits per heavy atom. The molecule has 3 nitrogen and oxygen atoms in total. The van der Waals surface area contributed by atoms with Gasteiger partial charge in [-0.2, -0.15) is 5.10 Å². The molecule has 102 valence electrons. The van der Waals surface area contributed by atoms with Crippen molar-refractivity contribution in [1.29, 1.82) is 0 Å². The standard InChI is InChI=1S/C16H16FN3/c1-11-7-12(9-13(17)8-11)16(18-2)14-10-19-20-6-4-3-5-15(14)20/h3-10,16,18H,1-2H3. The molecule has 3 aromatic rings. The van der Waals surface area contributed by atoms with E-state index in [1.54, 1.807) is 6.07 Å². The van der Waals surface area contributed by atoms with Crippen molar-refractivity contribution in [3.63, 3.8) is 0 Å². The van der Waals surface area contributed by atoms with Gasteiger partial charge >= 0.3 is 0 Å². The van der Waals surface area contributed by atoms with Gasteiger partial charge in [0.2, 0.25) is 0 Å². The quantitative estimate of drug-likeness (QED) is 0.791. The van der Waals surface area contributed by atoms with Gasteiger partial charge in [0.1, 0.15) is 5.82 Å². The molecule has 0 aliphatic rings. The van der Waals surface area contributed by atoms with Crippen molar-refractivity contribution >= 4 is 5.52 Å². The molecular weight excluding hydrogens is 253 g/mol. The maximum absolute atomic E-state index is 13.6. The number of nitrogens with zero attached hydrogens (tertiary/aromatic N) is 2. The van der Waals surface area contributed by atoms with Gasteiger partial charge in [0.15, 0.2) is 0 Å². The molecule has 2 heterocycles. The number of pyridine rings is 1. The number of nitrogens with one attached hydrogen (secondary N) is 1. The van der Waals surface area contributed by atoms with Gasteiger partial charge in [-0.1, -0.05) is 12.1 Å². The molecule has 0 amide bonds. The second-order valence-electron chi connectivity index (χ2n) is 4.91. The summed E-state index contributed by atoms with van der Waals surface area (Å²) in [5, 5.41) is 7.59. The molecule has 0 aliphatic carbocycles. The Labute approximate surface area is 117 Å². The second kappa shape index (κ2) is 5.06. The maximum atomic E-state index is 13.6.